The SMILES string of the molecule is CCCCC/C=C\C(CCCCCCC(=O)NC(CCCN)C(=O)O)OC(=O)CCCCCCCCC/C=C\C/C=C\CCCCCC. The van der Waals surface area contributed by atoms with Gasteiger partial charge in [0.15, 0.2) is 0 Å². The number of hydrogen-bond acceptors (Lipinski definition) is 5. The Morgan fingerprint density at radius 2 is 1.15 bits per heavy atom. The molecule has 4 N–H and O–H groups in total. The van der Waals surface area contributed by atoms with Crippen molar-refractivity contribution in [2.24, 2.45) is 5.73 Å². The van der Waals surface area contributed by atoms with E-state index in [1.165, 1.54) is 83.5 Å². The van der Waals surface area contributed by atoms with E-state index >= 15 is 0 Å². The number of nitrogens with two attached hydrogens (primary N) is 1. The largest absolute Gasteiger partial charge is 0.480 e. The summed E-state index contributed by atoms with van der Waals surface area (Å²) in [5, 5.41) is 11.9. The standard InChI is InChI=1S/C41H74N2O5/c1-3-5-7-9-10-11-12-13-14-15-16-17-18-19-20-21-23-29-35-40(45)48-37(31-26-22-8-6-4-2)32-27-24-25-28-34-39(44)43-38(41(46)47)33-30-36-42/h11-12,14-15,26,31,37-38H,3-10,13,16-25,27-30,32-36,42H2,1-2H3,(H,43,44)(H,46,47)/b12-11-,15-14-,31-26-. The number of carbonyl (C=O) groups is 3. The smallest absolute Gasteiger partial charge is 0.326 e. The van der Waals surface area contributed by atoms with Gasteiger partial charge in [-0.2, -0.15) is 0 Å². The lowest BCUT2D eigenvalue weighted by Gasteiger charge is -2.15. The van der Waals surface area contributed by atoms with Crippen molar-refractivity contribution in [3.8, 4) is 0 Å². The van der Waals surface area contributed by atoms with E-state index in [9.17, 15) is 19.5 Å². The van der Waals surface area contributed by atoms with Crippen molar-refractivity contribution < 1.29 is 24.2 Å². The van der Waals surface area contributed by atoms with Crippen molar-refractivity contribution in [3.05, 3.63) is 36.5 Å². The predicted octanol–water partition coefficient (Wildman–Crippen LogP) is 10.7. The molecule has 7 nitrogen and oxygen atoms in total. The summed E-state index contributed by atoms with van der Waals surface area (Å²) in [6.45, 7) is 4.85. The van der Waals surface area contributed by atoms with Gasteiger partial charge in [-0.25, -0.2) is 4.79 Å². The van der Waals surface area contributed by atoms with Crippen molar-refractivity contribution >= 4 is 17.8 Å². The zero-order chi connectivity index (χ0) is 35.3. The van der Waals surface area contributed by atoms with Gasteiger partial charge in [-0.15, -0.1) is 0 Å². The van der Waals surface area contributed by atoms with Gasteiger partial charge in [-0.05, 0) is 96.1 Å². The molecule has 48 heavy (non-hydrogen) atoms. The number of allylic oxidation sites excluding steroid dienone is 5. The topological polar surface area (TPSA) is 119 Å². The highest BCUT2D eigenvalue weighted by Gasteiger charge is 2.19. The van der Waals surface area contributed by atoms with Gasteiger partial charge in [0, 0.05) is 12.8 Å². The molecule has 0 spiro atoms. The van der Waals surface area contributed by atoms with Gasteiger partial charge in [-0.3, -0.25) is 9.59 Å². The van der Waals surface area contributed by atoms with Crippen molar-refractivity contribution in [3.63, 3.8) is 0 Å². The molecule has 0 radical (unpaired) electrons. The highest BCUT2D eigenvalue weighted by atomic mass is 16.5. The number of carbonyl (C=O) groups excluding carboxylic acids is 2. The van der Waals surface area contributed by atoms with E-state index in [1.807, 2.05) is 0 Å². The molecule has 0 bridgehead atoms. The molecule has 1 amide bonds. The molecule has 0 saturated heterocycles. The second-order valence-electron chi connectivity index (χ2n) is 13.3. The number of carboxylic acid groups (broad SMARTS) is 1. The fraction of sp³-hybridized carbons (Fsp3) is 0.780. The van der Waals surface area contributed by atoms with E-state index < -0.39 is 12.0 Å². The first-order valence-electron chi connectivity index (χ1n) is 19.8. The van der Waals surface area contributed by atoms with E-state index in [0.29, 0.717) is 38.6 Å². The van der Waals surface area contributed by atoms with Gasteiger partial charge in [-0.1, -0.05) is 121 Å². The summed E-state index contributed by atoms with van der Waals surface area (Å²) in [4.78, 5) is 36.1. The summed E-state index contributed by atoms with van der Waals surface area (Å²) < 4.78 is 5.87. The van der Waals surface area contributed by atoms with Crippen LogP contribution in [0.1, 0.15) is 187 Å². The van der Waals surface area contributed by atoms with E-state index in [1.54, 1.807) is 0 Å². The molecule has 2 unspecified atom stereocenters. The molecular weight excluding hydrogens is 600 g/mol. The molecule has 0 aromatic carbocycles. The lowest BCUT2D eigenvalue weighted by atomic mass is 10.1. The lowest BCUT2D eigenvalue weighted by Crippen LogP contribution is -2.40. The first-order valence-corrected chi connectivity index (χ1v) is 19.8. The third-order valence-electron chi connectivity index (χ3n) is 8.66. The van der Waals surface area contributed by atoms with Crippen molar-refractivity contribution in [1.29, 1.82) is 0 Å². The van der Waals surface area contributed by atoms with Gasteiger partial charge in [0.05, 0.1) is 0 Å². The van der Waals surface area contributed by atoms with Crippen LogP contribution in [-0.2, 0) is 19.1 Å². The van der Waals surface area contributed by atoms with Crippen LogP contribution < -0.4 is 11.1 Å². The Hall–Kier alpha value is -2.41. The van der Waals surface area contributed by atoms with E-state index in [2.05, 4.69) is 55.6 Å². The monoisotopic (exact) mass is 675 g/mol. The Morgan fingerprint density at radius 3 is 1.77 bits per heavy atom. The third kappa shape index (κ3) is 32.2. The Morgan fingerprint density at radius 1 is 0.625 bits per heavy atom. The molecule has 0 aliphatic heterocycles. The number of aliphatic carboxylic acids is 1. The van der Waals surface area contributed by atoms with Crippen LogP contribution in [0.15, 0.2) is 36.5 Å². The number of carboxylic acids is 1. The number of esters is 1. The summed E-state index contributed by atoms with van der Waals surface area (Å²) in [6.07, 6.45) is 40.7. The summed E-state index contributed by atoms with van der Waals surface area (Å²) >= 11 is 0. The van der Waals surface area contributed by atoms with Crippen LogP contribution in [0.3, 0.4) is 0 Å². The fourth-order valence-corrected chi connectivity index (χ4v) is 5.62. The van der Waals surface area contributed by atoms with Crippen LogP contribution in [0.25, 0.3) is 0 Å². The van der Waals surface area contributed by atoms with Gasteiger partial charge < -0.3 is 20.9 Å². The zero-order valence-corrected chi connectivity index (χ0v) is 31.1. The zero-order valence-electron chi connectivity index (χ0n) is 31.1. The molecule has 278 valence electrons. The molecular formula is C41H74N2O5. The molecule has 0 rings (SSSR count). The summed E-state index contributed by atoms with van der Waals surface area (Å²) in [7, 11) is 0. The van der Waals surface area contributed by atoms with Gasteiger partial charge >= 0.3 is 11.9 Å². The fourth-order valence-electron chi connectivity index (χ4n) is 5.62. The minimum atomic E-state index is -1.02. The number of nitrogens with one attached hydrogen (secondary N) is 1. The summed E-state index contributed by atoms with van der Waals surface area (Å²) in [6, 6.07) is -0.870. The Bertz CT molecular complexity index is 854. The minimum Gasteiger partial charge on any atom is -0.480 e. The predicted molar refractivity (Wildman–Crippen MR) is 202 cm³/mol. The first-order chi connectivity index (χ1) is 23.4. The molecule has 0 aromatic rings. The van der Waals surface area contributed by atoms with Gasteiger partial charge in [0.1, 0.15) is 12.1 Å². The van der Waals surface area contributed by atoms with Crippen LogP contribution in [0, 0.1) is 0 Å². The van der Waals surface area contributed by atoms with Crippen molar-refractivity contribution in [1.82, 2.24) is 5.32 Å². The van der Waals surface area contributed by atoms with Crippen LogP contribution in [-0.4, -0.2) is 41.6 Å². The molecule has 0 aromatic heterocycles. The normalized spacial score (nSPS) is 13.1. The van der Waals surface area contributed by atoms with Crippen molar-refractivity contribution in [2.45, 2.75) is 199 Å². The van der Waals surface area contributed by atoms with E-state index in [0.717, 1.165) is 57.8 Å². The lowest BCUT2D eigenvalue weighted by molar-refractivity contribution is -0.147. The summed E-state index contributed by atoms with van der Waals surface area (Å²) in [5.41, 5.74) is 5.46. The number of ether oxygens (including phenoxy) is 1. The highest BCUT2D eigenvalue weighted by Crippen LogP contribution is 2.15. The number of hydrogen-bond donors (Lipinski definition) is 3. The highest BCUT2D eigenvalue weighted by molar-refractivity contribution is 5.83. The molecule has 0 saturated carbocycles. The average molecular weight is 675 g/mol. The molecule has 0 heterocycles. The maximum absolute atomic E-state index is 12.6. The first kappa shape index (κ1) is 45.6. The van der Waals surface area contributed by atoms with Gasteiger partial charge in [0.25, 0.3) is 0 Å². The maximum atomic E-state index is 12.6. The van der Waals surface area contributed by atoms with E-state index in [-0.39, 0.29) is 18.0 Å². The summed E-state index contributed by atoms with van der Waals surface area (Å²) in [5.74, 6) is -1.34. The molecule has 2 atom stereocenters. The second-order valence-corrected chi connectivity index (χ2v) is 13.3. The van der Waals surface area contributed by atoms with E-state index in [4.69, 9.17) is 10.5 Å². The Labute approximate surface area is 295 Å². The van der Waals surface area contributed by atoms with Crippen LogP contribution in [0.5, 0.6) is 0 Å². The molecule has 0 aliphatic rings. The Kier molecular flexibility index (Phi) is 34.1. The second kappa shape index (κ2) is 35.9. The Balaban J connectivity index is 4.11. The average Bonchev–Trinajstić information content (AvgIpc) is 3.07. The van der Waals surface area contributed by atoms with Crippen LogP contribution in [0.2, 0.25) is 0 Å². The van der Waals surface area contributed by atoms with Crippen LogP contribution >= 0.6 is 0 Å². The molecule has 7 heteroatoms. The number of amides is 1. The van der Waals surface area contributed by atoms with Crippen LogP contribution in [0.4, 0.5) is 0 Å². The van der Waals surface area contributed by atoms with Gasteiger partial charge in [0.2, 0.25) is 5.91 Å². The quantitative estimate of drug-likeness (QED) is 0.0350. The number of unbranched alkanes of at least 4 members (excludes halogenated alkanes) is 17. The minimum absolute atomic E-state index is 0.101. The number of rotatable bonds is 35. The molecule has 0 aliphatic carbocycles. The van der Waals surface area contributed by atoms with Crippen molar-refractivity contribution in [2.75, 3.05) is 6.54 Å². The maximum Gasteiger partial charge on any atom is 0.326 e. The molecule has 0 fully saturated rings. The third-order valence-corrected chi connectivity index (χ3v) is 8.66.